The van der Waals surface area contributed by atoms with Gasteiger partial charge in [-0.15, -0.1) is 0 Å². The van der Waals surface area contributed by atoms with Crippen molar-refractivity contribution in [3.63, 3.8) is 0 Å². The molecule has 0 saturated carbocycles. The van der Waals surface area contributed by atoms with Crippen LogP contribution in [-0.4, -0.2) is 17.2 Å². The Morgan fingerprint density at radius 2 is 0.739 bits per heavy atom. The van der Waals surface area contributed by atoms with Gasteiger partial charge in [-0.1, -0.05) is 133 Å². The highest BCUT2D eigenvalue weighted by atomic mass is 31.2. The minimum absolute atomic E-state index is 0.341. The Balaban J connectivity index is 1.30. The van der Waals surface area contributed by atoms with Gasteiger partial charge in [0.25, 0.3) is 0 Å². The first kappa shape index (κ1) is 28.9. The summed E-state index contributed by atoms with van der Waals surface area (Å²) in [5, 5.41) is 12.3. The standard InChI is InChI=1S/C42H33O2P2/c43-45(39-21-17-31-9-1-5-13-35(31)27-39,40-22-18-32-10-2-6-14-36(32)28-40)25-26-46(44,41-23-19-33-11-3-7-15-37(33)29-41)42-24-20-34-12-4-8-16-38(34)30-42/h1-24,27-30,43H,25-26H2/q+1. The Kier molecular flexibility index (Phi) is 7.31. The summed E-state index contributed by atoms with van der Waals surface area (Å²) in [4.78, 5) is 13.1. The molecule has 0 atom stereocenters. The van der Waals surface area contributed by atoms with Crippen LogP contribution in [0, 0.1) is 0 Å². The minimum Gasteiger partial charge on any atom is -0.313 e. The SMILES string of the molecule is O=P(CC[P+](O)(c1ccc2ccccc2c1)c1ccc2ccccc2c1)(c1ccc2ccccc2c1)c1ccc2ccccc2c1. The van der Waals surface area contributed by atoms with Gasteiger partial charge in [0.2, 0.25) is 7.49 Å². The van der Waals surface area contributed by atoms with Crippen LogP contribution in [0.2, 0.25) is 0 Å². The molecule has 4 heteroatoms. The number of benzene rings is 8. The van der Waals surface area contributed by atoms with Crippen molar-refractivity contribution in [1.82, 2.24) is 0 Å². The maximum Gasteiger partial charge on any atom is 0.206 e. The van der Waals surface area contributed by atoms with Crippen LogP contribution in [0.15, 0.2) is 170 Å². The van der Waals surface area contributed by atoms with E-state index in [0.29, 0.717) is 12.3 Å². The minimum atomic E-state index is -3.20. The molecule has 8 aromatic carbocycles. The zero-order chi connectivity index (χ0) is 31.1. The molecule has 0 aliphatic heterocycles. The summed E-state index contributed by atoms with van der Waals surface area (Å²) in [5.41, 5.74) is 0. The average molecular weight is 632 g/mol. The van der Waals surface area contributed by atoms with Gasteiger partial charge in [0.05, 0.1) is 0 Å². The molecule has 0 heterocycles. The largest absolute Gasteiger partial charge is 0.313 e. The van der Waals surface area contributed by atoms with Crippen LogP contribution in [-0.2, 0) is 4.57 Å². The summed E-state index contributed by atoms with van der Waals surface area (Å²) in [7, 11) is -6.19. The van der Waals surface area contributed by atoms with E-state index < -0.39 is 14.6 Å². The molecule has 1 N–H and O–H groups in total. The smallest absolute Gasteiger partial charge is 0.206 e. The van der Waals surface area contributed by atoms with E-state index in [0.717, 1.165) is 64.3 Å². The molecule has 0 spiro atoms. The van der Waals surface area contributed by atoms with Gasteiger partial charge in [0.1, 0.15) is 23.9 Å². The number of hydrogen-bond donors (Lipinski definition) is 1. The van der Waals surface area contributed by atoms with E-state index in [1.54, 1.807) is 0 Å². The Morgan fingerprint density at radius 1 is 0.413 bits per heavy atom. The third kappa shape index (κ3) is 5.14. The second-order valence-corrected chi connectivity index (χ2v) is 18.1. The van der Waals surface area contributed by atoms with Crippen LogP contribution >= 0.6 is 14.6 Å². The fourth-order valence-corrected chi connectivity index (χ4v) is 13.3. The molecule has 0 bridgehead atoms. The van der Waals surface area contributed by atoms with Crippen molar-refractivity contribution in [3.05, 3.63) is 170 Å². The first-order valence-corrected chi connectivity index (χ1v) is 19.5. The maximum absolute atomic E-state index is 15.7. The maximum atomic E-state index is 15.7. The number of rotatable bonds is 7. The first-order valence-electron chi connectivity index (χ1n) is 15.7. The quantitative estimate of drug-likeness (QED) is 0.178. The Hall–Kier alpha value is -4.58. The molecule has 0 radical (unpaired) electrons. The molecule has 0 amide bonds. The van der Waals surface area contributed by atoms with Crippen LogP contribution in [0.25, 0.3) is 43.1 Å². The van der Waals surface area contributed by atoms with E-state index in [9.17, 15) is 4.89 Å². The lowest BCUT2D eigenvalue weighted by atomic mass is 10.1. The summed E-state index contributed by atoms with van der Waals surface area (Å²) in [6.07, 6.45) is 0.730. The van der Waals surface area contributed by atoms with E-state index in [4.69, 9.17) is 0 Å². The summed E-state index contributed by atoms with van der Waals surface area (Å²) >= 11 is 0. The van der Waals surface area contributed by atoms with Crippen LogP contribution in [0.3, 0.4) is 0 Å². The topological polar surface area (TPSA) is 37.3 Å². The molecule has 222 valence electrons. The fourth-order valence-electron chi connectivity index (χ4n) is 6.72. The highest BCUT2D eigenvalue weighted by Crippen LogP contribution is 2.57. The van der Waals surface area contributed by atoms with Crippen LogP contribution < -0.4 is 21.2 Å². The second kappa shape index (κ2) is 11.7. The molecule has 0 fully saturated rings. The van der Waals surface area contributed by atoms with Gasteiger partial charge in [-0.2, -0.15) is 0 Å². The molecule has 8 rings (SSSR count). The average Bonchev–Trinajstić information content (AvgIpc) is 3.12. The highest BCUT2D eigenvalue weighted by Gasteiger charge is 2.44. The van der Waals surface area contributed by atoms with Crippen molar-refractivity contribution in [1.29, 1.82) is 0 Å². The lowest BCUT2D eigenvalue weighted by molar-refractivity contribution is 0.586. The van der Waals surface area contributed by atoms with Gasteiger partial charge in [0.15, 0.2) is 0 Å². The fraction of sp³-hybridized carbons (Fsp3) is 0.0476. The molecular weight excluding hydrogens is 598 g/mol. The van der Waals surface area contributed by atoms with Crippen molar-refractivity contribution in [2.24, 2.45) is 0 Å². The molecule has 0 saturated heterocycles. The van der Waals surface area contributed by atoms with Gasteiger partial charge >= 0.3 is 0 Å². The van der Waals surface area contributed by atoms with Crippen molar-refractivity contribution in [3.8, 4) is 0 Å². The van der Waals surface area contributed by atoms with Crippen molar-refractivity contribution in [2.75, 3.05) is 12.3 Å². The lowest BCUT2D eigenvalue weighted by Crippen LogP contribution is -2.28. The third-order valence-corrected chi connectivity index (χ3v) is 15.9. The van der Waals surface area contributed by atoms with Crippen LogP contribution in [0.1, 0.15) is 0 Å². The summed E-state index contributed by atoms with van der Waals surface area (Å²) < 4.78 is 15.7. The normalized spacial score (nSPS) is 12.3. The molecule has 0 aliphatic rings. The van der Waals surface area contributed by atoms with E-state index in [-0.39, 0.29) is 0 Å². The van der Waals surface area contributed by atoms with Crippen molar-refractivity contribution >= 4 is 78.9 Å². The predicted molar refractivity (Wildman–Crippen MR) is 201 cm³/mol. The Morgan fingerprint density at radius 3 is 1.13 bits per heavy atom. The summed E-state index contributed by atoms with van der Waals surface area (Å²) in [6.45, 7) is 0. The van der Waals surface area contributed by atoms with E-state index >= 15 is 4.57 Å². The number of hydrogen-bond acceptors (Lipinski definition) is 2. The molecule has 0 aromatic heterocycles. The first-order chi connectivity index (χ1) is 22.5. The molecule has 46 heavy (non-hydrogen) atoms. The van der Waals surface area contributed by atoms with E-state index in [2.05, 4.69) is 109 Å². The predicted octanol–water partition coefficient (Wildman–Crippen LogP) is 9.19. The van der Waals surface area contributed by atoms with Gasteiger partial charge in [0, 0.05) is 16.8 Å². The molecular formula is C42H33O2P2+. The van der Waals surface area contributed by atoms with Gasteiger partial charge in [-0.25, -0.2) is 4.89 Å². The van der Waals surface area contributed by atoms with Crippen LogP contribution in [0.5, 0.6) is 0 Å². The third-order valence-electron chi connectivity index (χ3n) is 9.36. The molecule has 2 nitrogen and oxygen atoms in total. The number of fused-ring (bicyclic) bond motifs is 4. The molecule has 0 unspecified atom stereocenters. The second-order valence-electron chi connectivity index (χ2n) is 12.1. The lowest BCUT2D eigenvalue weighted by Gasteiger charge is -2.25. The Labute approximate surface area is 269 Å². The van der Waals surface area contributed by atoms with E-state index in [1.807, 2.05) is 60.7 Å². The molecule has 8 aromatic rings. The van der Waals surface area contributed by atoms with Crippen molar-refractivity contribution in [2.45, 2.75) is 0 Å². The molecule has 0 aliphatic carbocycles. The Bertz CT molecular complexity index is 2290. The van der Waals surface area contributed by atoms with Gasteiger partial charge < -0.3 is 4.57 Å². The summed E-state index contributed by atoms with van der Waals surface area (Å²) in [6, 6.07) is 58.0. The van der Waals surface area contributed by atoms with Gasteiger partial charge in [-0.05, 0) is 79.5 Å². The zero-order valence-electron chi connectivity index (χ0n) is 25.3. The zero-order valence-corrected chi connectivity index (χ0v) is 27.1. The van der Waals surface area contributed by atoms with E-state index in [1.165, 1.54) is 0 Å². The van der Waals surface area contributed by atoms with Crippen molar-refractivity contribution < 1.29 is 9.46 Å². The highest BCUT2D eigenvalue weighted by molar-refractivity contribution is 7.86. The summed E-state index contributed by atoms with van der Waals surface area (Å²) in [5.74, 6) is 0. The monoisotopic (exact) mass is 631 g/mol. The van der Waals surface area contributed by atoms with Gasteiger partial charge in [-0.3, -0.25) is 0 Å². The van der Waals surface area contributed by atoms with Crippen LogP contribution in [0.4, 0.5) is 0 Å².